The molecule has 0 saturated heterocycles. The van der Waals surface area contributed by atoms with E-state index in [9.17, 15) is 0 Å². The topological polar surface area (TPSA) is 4.93 Å². The monoisotopic (exact) mass is 875 g/mol. The minimum Gasteiger partial charge on any atom is -0.309 e. The molecule has 0 bridgehead atoms. The quantitative estimate of drug-likeness (QED) is 0.141. The van der Waals surface area contributed by atoms with Gasteiger partial charge in [-0.3, -0.25) is 0 Å². The zero-order valence-electron chi connectivity index (χ0n) is 37.9. The highest BCUT2D eigenvalue weighted by atomic mass is 15.0. The van der Waals surface area contributed by atoms with Crippen molar-refractivity contribution < 1.29 is 0 Å². The van der Waals surface area contributed by atoms with E-state index in [4.69, 9.17) is 0 Å². The zero-order valence-corrected chi connectivity index (χ0v) is 37.9. The normalized spacial score (nSPS) is 13.3. The highest BCUT2D eigenvalue weighted by molar-refractivity contribution is 6.09. The van der Waals surface area contributed by atoms with Crippen molar-refractivity contribution in [2.75, 3.05) is 0 Å². The maximum atomic E-state index is 2.48. The molecule has 2 aliphatic rings. The van der Waals surface area contributed by atoms with Crippen LogP contribution in [0, 0.1) is 0 Å². The van der Waals surface area contributed by atoms with Gasteiger partial charge in [0.2, 0.25) is 0 Å². The summed E-state index contributed by atoms with van der Waals surface area (Å²) in [6.07, 6.45) is 0. The molecule has 12 aromatic rings. The Morgan fingerprint density at radius 1 is 0.290 bits per heavy atom. The second-order valence-corrected chi connectivity index (χ2v) is 18.7. The van der Waals surface area contributed by atoms with Crippen LogP contribution < -0.4 is 0 Å². The van der Waals surface area contributed by atoms with Gasteiger partial charge in [0.25, 0.3) is 0 Å². The highest BCUT2D eigenvalue weighted by Gasteiger charge is 2.52. The Balaban J connectivity index is 1.01. The average molecular weight is 876 g/mol. The number of nitrogens with zero attached hydrogens (tertiary/aromatic N) is 1. The van der Waals surface area contributed by atoms with Crippen molar-refractivity contribution in [2.45, 2.75) is 11.3 Å². The molecule has 0 aliphatic heterocycles. The van der Waals surface area contributed by atoms with Crippen molar-refractivity contribution >= 4 is 21.8 Å². The van der Waals surface area contributed by atoms with Gasteiger partial charge < -0.3 is 4.57 Å². The second kappa shape index (κ2) is 15.7. The summed E-state index contributed by atoms with van der Waals surface area (Å²) in [5.74, 6) is -0.0914. The van der Waals surface area contributed by atoms with Gasteiger partial charge in [-0.1, -0.05) is 224 Å². The first kappa shape index (κ1) is 39.4. The lowest BCUT2D eigenvalue weighted by atomic mass is 9.70. The number of aromatic nitrogens is 1. The maximum Gasteiger partial charge on any atom is 0.0725 e. The van der Waals surface area contributed by atoms with E-state index in [2.05, 4.69) is 271 Å². The molecule has 0 N–H and O–H groups in total. The van der Waals surface area contributed by atoms with Crippen molar-refractivity contribution in [3.05, 3.63) is 306 Å². The summed E-state index contributed by atoms with van der Waals surface area (Å²) in [4.78, 5) is 0. The van der Waals surface area contributed by atoms with Crippen molar-refractivity contribution in [2.24, 2.45) is 0 Å². The van der Waals surface area contributed by atoms with E-state index in [1.807, 2.05) is 0 Å². The van der Waals surface area contributed by atoms with Gasteiger partial charge in [-0.05, 0) is 137 Å². The first-order valence-corrected chi connectivity index (χ1v) is 24.1. The molecular weight excluding hydrogens is 831 g/mol. The Hall–Kier alpha value is -8.78. The maximum absolute atomic E-state index is 2.48. The number of hydrogen-bond donors (Lipinski definition) is 0. The average Bonchev–Trinajstić information content (AvgIpc) is 4.04. The molecule has 2 aliphatic carbocycles. The van der Waals surface area contributed by atoms with Crippen molar-refractivity contribution in [1.82, 2.24) is 4.57 Å². The number of benzene rings is 11. The van der Waals surface area contributed by atoms with Crippen LogP contribution in [0.25, 0.3) is 83.1 Å². The molecule has 14 rings (SSSR count). The molecular formula is C68H45N. The lowest BCUT2D eigenvalue weighted by molar-refractivity contribution is 0.792. The summed E-state index contributed by atoms with van der Waals surface area (Å²) in [7, 11) is 0. The Labute approximate surface area is 402 Å². The molecule has 69 heavy (non-hydrogen) atoms. The van der Waals surface area contributed by atoms with Gasteiger partial charge >= 0.3 is 0 Å². The molecule has 322 valence electrons. The SMILES string of the molecule is c1ccc(-c2cc(-c3ccccc3)cc(-c3ccc(C(c4ccc5c6ccccc6n(-c6ccccc6)c5c4)c4cccc5c4-c4ccccc4C54c5ccccc5-c5ccccc54)cc3)c2)cc1. The van der Waals surface area contributed by atoms with Crippen LogP contribution in [0.4, 0.5) is 0 Å². The minimum absolute atomic E-state index is 0.0914. The number of hydrogen-bond acceptors (Lipinski definition) is 0. The molecule has 11 aromatic carbocycles. The summed E-state index contributed by atoms with van der Waals surface area (Å²) in [5, 5.41) is 2.51. The standard InChI is InChI=1S/C68H45N/c1-4-19-45(20-5-1)50-41-51(46-21-6-2-7-22-46)43-52(42-50)47-35-37-48(38-36-47)66(49-39-40-57-56-27-13-17-34-64(56)69(65(57)44-49)53-23-8-3-9-24-53)59-29-18-33-63-67(59)58-28-12-16-32-62(58)68(63)60-30-14-10-25-54(60)55-26-11-15-31-61(55)68/h1-44,66H. The molecule has 0 saturated carbocycles. The van der Waals surface area contributed by atoms with E-state index >= 15 is 0 Å². The summed E-state index contributed by atoms with van der Waals surface area (Å²) in [6.45, 7) is 0. The Morgan fingerprint density at radius 3 is 1.38 bits per heavy atom. The van der Waals surface area contributed by atoms with Crippen molar-refractivity contribution in [3.63, 3.8) is 0 Å². The third-order valence-electron chi connectivity index (χ3n) is 15.1. The van der Waals surface area contributed by atoms with Crippen LogP contribution in [0.3, 0.4) is 0 Å². The van der Waals surface area contributed by atoms with Gasteiger partial charge in [-0.2, -0.15) is 0 Å². The summed E-state index contributed by atoms with van der Waals surface area (Å²) < 4.78 is 2.45. The Bertz CT molecular complexity index is 3830. The van der Waals surface area contributed by atoms with Gasteiger partial charge in [-0.25, -0.2) is 0 Å². The van der Waals surface area contributed by atoms with Gasteiger partial charge in [0.1, 0.15) is 0 Å². The van der Waals surface area contributed by atoms with E-state index in [0.29, 0.717) is 0 Å². The second-order valence-electron chi connectivity index (χ2n) is 18.7. The van der Waals surface area contributed by atoms with Crippen LogP contribution >= 0.6 is 0 Å². The first-order chi connectivity index (χ1) is 34.2. The smallest absolute Gasteiger partial charge is 0.0725 e. The predicted octanol–water partition coefficient (Wildman–Crippen LogP) is 17.3. The molecule has 1 spiro atoms. The molecule has 1 aromatic heterocycles. The first-order valence-electron chi connectivity index (χ1n) is 24.1. The highest BCUT2D eigenvalue weighted by Crippen LogP contribution is 2.64. The minimum atomic E-state index is -0.437. The molecule has 0 fully saturated rings. The molecule has 1 nitrogen and oxygen atoms in total. The lowest BCUT2D eigenvalue weighted by Gasteiger charge is -2.31. The Morgan fingerprint density at radius 2 is 0.754 bits per heavy atom. The fourth-order valence-corrected chi connectivity index (χ4v) is 12.2. The molecule has 0 radical (unpaired) electrons. The fourth-order valence-electron chi connectivity index (χ4n) is 12.2. The van der Waals surface area contributed by atoms with Crippen LogP contribution in [0.1, 0.15) is 44.9 Å². The summed E-state index contributed by atoms with van der Waals surface area (Å²) in [6, 6.07) is 99.5. The van der Waals surface area contributed by atoms with E-state index in [0.717, 1.165) is 5.69 Å². The number of rotatable bonds is 7. The van der Waals surface area contributed by atoms with Crippen LogP contribution in [-0.4, -0.2) is 4.57 Å². The van der Waals surface area contributed by atoms with Crippen molar-refractivity contribution in [1.29, 1.82) is 0 Å². The Kier molecular flexibility index (Phi) is 8.94. The molecule has 1 atom stereocenters. The molecule has 1 unspecified atom stereocenters. The number of fused-ring (bicyclic) bond motifs is 13. The van der Waals surface area contributed by atoms with E-state index in [-0.39, 0.29) is 5.92 Å². The predicted molar refractivity (Wildman–Crippen MR) is 287 cm³/mol. The van der Waals surface area contributed by atoms with Gasteiger partial charge in [-0.15, -0.1) is 0 Å². The van der Waals surface area contributed by atoms with E-state index in [1.54, 1.807) is 0 Å². The molecule has 1 heteroatoms. The third kappa shape index (κ3) is 5.97. The third-order valence-corrected chi connectivity index (χ3v) is 15.1. The number of para-hydroxylation sites is 2. The van der Waals surface area contributed by atoms with E-state index in [1.165, 1.54) is 116 Å². The summed E-state index contributed by atoms with van der Waals surface area (Å²) in [5.41, 5.74) is 24.9. The van der Waals surface area contributed by atoms with Crippen LogP contribution in [0.15, 0.2) is 267 Å². The molecule has 1 heterocycles. The lowest BCUT2D eigenvalue weighted by Crippen LogP contribution is -2.25. The summed E-state index contributed by atoms with van der Waals surface area (Å²) >= 11 is 0. The van der Waals surface area contributed by atoms with Crippen LogP contribution in [-0.2, 0) is 5.41 Å². The van der Waals surface area contributed by atoms with Crippen LogP contribution in [0.5, 0.6) is 0 Å². The van der Waals surface area contributed by atoms with Gasteiger partial charge in [0.15, 0.2) is 0 Å². The molecule has 0 amide bonds. The van der Waals surface area contributed by atoms with Crippen LogP contribution in [0.2, 0.25) is 0 Å². The van der Waals surface area contributed by atoms with E-state index < -0.39 is 5.41 Å². The largest absolute Gasteiger partial charge is 0.309 e. The van der Waals surface area contributed by atoms with Crippen molar-refractivity contribution in [3.8, 4) is 61.3 Å². The fraction of sp³-hybridized carbons (Fsp3) is 0.0294. The zero-order chi connectivity index (χ0) is 45.5. The van der Waals surface area contributed by atoms with Gasteiger partial charge in [0.05, 0.1) is 16.4 Å². The van der Waals surface area contributed by atoms with Gasteiger partial charge in [0, 0.05) is 22.4 Å².